The van der Waals surface area contributed by atoms with Crippen molar-refractivity contribution in [3.8, 4) is 11.5 Å². The Hall–Kier alpha value is -3.58. The number of halogens is 1. The van der Waals surface area contributed by atoms with E-state index in [1.807, 2.05) is 54.6 Å². The second kappa shape index (κ2) is 9.35. The summed E-state index contributed by atoms with van der Waals surface area (Å²) in [6, 6.07) is 21.5. The molecule has 1 amide bonds. The van der Waals surface area contributed by atoms with Crippen molar-refractivity contribution in [3.05, 3.63) is 99.5 Å². The number of hydrogen-bond donors (Lipinski definition) is 1. The molecule has 0 unspecified atom stereocenters. The van der Waals surface area contributed by atoms with Crippen LogP contribution in [0.2, 0.25) is 0 Å². The van der Waals surface area contributed by atoms with E-state index in [0.717, 1.165) is 15.6 Å². The molecule has 34 heavy (non-hydrogen) atoms. The van der Waals surface area contributed by atoms with Gasteiger partial charge in [-0.3, -0.25) is 9.59 Å². The van der Waals surface area contributed by atoms with Gasteiger partial charge in [0, 0.05) is 16.6 Å². The van der Waals surface area contributed by atoms with Crippen LogP contribution in [-0.4, -0.2) is 41.5 Å². The van der Waals surface area contributed by atoms with Gasteiger partial charge in [0.2, 0.25) is 0 Å². The van der Waals surface area contributed by atoms with Crippen molar-refractivity contribution in [3.63, 3.8) is 0 Å². The lowest BCUT2D eigenvalue weighted by Crippen LogP contribution is -2.31. The summed E-state index contributed by atoms with van der Waals surface area (Å²) in [5, 5.41) is 11.3. The first-order valence-corrected chi connectivity index (χ1v) is 11.8. The van der Waals surface area contributed by atoms with Gasteiger partial charge in [-0.25, -0.2) is 0 Å². The van der Waals surface area contributed by atoms with Crippen molar-refractivity contribution in [2.75, 3.05) is 19.8 Å². The summed E-state index contributed by atoms with van der Waals surface area (Å²) < 4.78 is 12.1. The summed E-state index contributed by atoms with van der Waals surface area (Å²) in [6.07, 6.45) is 0.588. The predicted molar refractivity (Wildman–Crippen MR) is 131 cm³/mol. The van der Waals surface area contributed by atoms with E-state index < -0.39 is 17.7 Å². The standard InChI is InChI=1S/C27H22BrNO5/c28-20-9-6-18(7-10-20)24-23(25(30)19-8-11-21-22(16-19)34-15-14-33-21)26(31)27(32)29(24)13-12-17-4-2-1-3-5-17/h1-11,16,24,30H,12-15H2/t24-/m1/s1. The second-order valence-corrected chi connectivity index (χ2v) is 9.05. The number of Topliss-reactive ketones (excluding diaryl/α,β-unsaturated/α-hetero) is 1. The normalized spacial score (nSPS) is 18.9. The molecular formula is C27H22BrNO5. The summed E-state index contributed by atoms with van der Waals surface area (Å²) in [7, 11) is 0. The predicted octanol–water partition coefficient (Wildman–Crippen LogP) is 4.88. The number of amides is 1. The van der Waals surface area contributed by atoms with Gasteiger partial charge in [-0.15, -0.1) is 0 Å². The van der Waals surface area contributed by atoms with Crippen LogP contribution in [0.1, 0.15) is 22.7 Å². The van der Waals surface area contributed by atoms with Crippen molar-refractivity contribution >= 4 is 33.4 Å². The molecule has 1 saturated heterocycles. The molecule has 2 heterocycles. The number of benzene rings is 3. The van der Waals surface area contributed by atoms with Crippen molar-refractivity contribution in [1.29, 1.82) is 0 Å². The van der Waals surface area contributed by atoms with Crippen molar-refractivity contribution in [2.24, 2.45) is 0 Å². The number of carbonyl (C=O) groups is 2. The summed E-state index contributed by atoms with van der Waals surface area (Å²) in [4.78, 5) is 27.9. The number of likely N-dealkylation sites (tertiary alicyclic amines) is 1. The van der Waals surface area contributed by atoms with Crippen LogP contribution in [0.4, 0.5) is 0 Å². The van der Waals surface area contributed by atoms with Gasteiger partial charge < -0.3 is 19.5 Å². The molecule has 2 aliphatic heterocycles. The SMILES string of the molecule is O=C1C(=O)N(CCc2ccccc2)[C@H](c2ccc(Br)cc2)C1=C(O)c1ccc2c(c1)OCCO2. The van der Waals surface area contributed by atoms with Crippen LogP contribution in [0.3, 0.4) is 0 Å². The van der Waals surface area contributed by atoms with E-state index in [1.165, 1.54) is 0 Å². The van der Waals surface area contributed by atoms with Crippen LogP contribution >= 0.6 is 15.9 Å². The Labute approximate surface area is 205 Å². The smallest absolute Gasteiger partial charge is 0.295 e. The van der Waals surface area contributed by atoms with Gasteiger partial charge in [-0.1, -0.05) is 58.4 Å². The van der Waals surface area contributed by atoms with Gasteiger partial charge in [-0.2, -0.15) is 0 Å². The molecule has 172 valence electrons. The molecule has 2 aliphatic rings. The Balaban J connectivity index is 1.57. The molecule has 0 aliphatic carbocycles. The molecule has 5 rings (SSSR count). The van der Waals surface area contributed by atoms with E-state index in [9.17, 15) is 14.7 Å². The lowest BCUT2D eigenvalue weighted by atomic mass is 9.95. The number of ketones is 1. The minimum atomic E-state index is -0.704. The Morgan fingerprint density at radius 3 is 2.38 bits per heavy atom. The highest BCUT2D eigenvalue weighted by molar-refractivity contribution is 9.10. The lowest BCUT2D eigenvalue weighted by molar-refractivity contribution is -0.139. The monoisotopic (exact) mass is 519 g/mol. The van der Waals surface area contributed by atoms with Crippen molar-refractivity contribution in [2.45, 2.75) is 12.5 Å². The third kappa shape index (κ3) is 4.19. The van der Waals surface area contributed by atoms with Crippen LogP contribution in [0, 0.1) is 0 Å². The quantitative estimate of drug-likeness (QED) is 0.295. The summed E-state index contributed by atoms with van der Waals surface area (Å²) in [5.41, 5.74) is 2.27. The number of aliphatic hydroxyl groups excluding tert-OH is 1. The van der Waals surface area contributed by atoms with E-state index in [2.05, 4.69) is 15.9 Å². The molecule has 0 saturated carbocycles. The van der Waals surface area contributed by atoms with Crippen LogP contribution < -0.4 is 9.47 Å². The number of hydrogen-bond acceptors (Lipinski definition) is 5. The first-order chi connectivity index (χ1) is 16.5. The molecule has 1 N–H and O–H groups in total. The largest absolute Gasteiger partial charge is 0.507 e. The van der Waals surface area contributed by atoms with Crippen LogP contribution in [0.15, 0.2) is 82.8 Å². The highest BCUT2D eigenvalue weighted by atomic mass is 79.9. The Bertz CT molecular complexity index is 1270. The minimum absolute atomic E-state index is 0.0667. The van der Waals surface area contributed by atoms with E-state index in [1.54, 1.807) is 23.1 Å². The topological polar surface area (TPSA) is 76.1 Å². The van der Waals surface area contributed by atoms with E-state index in [4.69, 9.17) is 9.47 Å². The molecule has 3 aromatic rings. The van der Waals surface area contributed by atoms with E-state index >= 15 is 0 Å². The number of carbonyl (C=O) groups excluding carboxylic acids is 2. The highest BCUT2D eigenvalue weighted by Crippen LogP contribution is 2.41. The molecule has 7 heteroatoms. The zero-order valence-corrected chi connectivity index (χ0v) is 19.8. The molecule has 6 nitrogen and oxygen atoms in total. The lowest BCUT2D eigenvalue weighted by Gasteiger charge is -2.25. The Kier molecular flexibility index (Phi) is 6.11. The molecule has 3 aromatic carbocycles. The molecular weight excluding hydrogens is 498 g/mol. The number of aliphatic hydroxyl groups is 1. The zero-order chi connectivity index (χ0) is 23.7. The first-order valence-electron chi connectivity index (χ1n) is 11.0. The Morgan fingerprint density at radius 2 is 1.65 bits per heavy atom. The maximum absolute atomic E-state index is 13.2. The maximum Gasteiger partial charge on any atom is 0.295 e. The molecule has 0 spiro atoms. The second-order valence-electron chi connectivity index (χ2n) is 8.14. The number of ether oxygens (including phenoxy) is 2. The molecule has 0 aromatic heterocycles. The third-order valence-electron chi connectivity index (χ3n) is 6.03. The highest BCUT2D eigenvalue weighted by Gasteiger charge is 2.45. The first kappa shape index (κ1) is 22.2. The van der Waals surface area contributed by atoms with Crippen LogP contribution in [-0.2, 0) is 16.0 Å². The fraction of sp³-hybridized carbons (Fsp3) is 0.185. The van der Waals surface area contributed by atoms with E-state index in [-0.39, 0.29) is 11.3 Å². The minimum Gasteiger partial charge on any atom is -0.507 e. The maximum atomic E-state index is 13.2. The van der Waals surface area contributed by atoms with Crippen molar-refractivity contribution < 1.29 is 24.2 Å². The van der Waals surface area contributed by atoms with E-state index in [0.29, 0.717) is 43.2 Å². The van der Waals surface area contributed by atoms with Gasteiger partial charge >= 0.3 is 0 Å². The summed E-state index contributed by atoms with van der Waals surface area (Å²) >= 11 is 3.44. The van der Waals surface area contributed by atoms with Gasteiger partial charge in [0.05, 0.1) is 11.6 Å². The van der Waals surface area contributed by atoms with Gasteiger partial charge in [0.15, 0.2) is 11.5 Å². The summed E-state index contributed by atoms with van der Waals surface area (Å²) in [6.45, 7) is 1.20. The third-order valence-corrected chi connectivity index (χ3v) is 6.55. The fourth-order valence-corrected chi connectivity index (χ4v) is 4.61. The van der Waals surface area contributed by atoms with Gasteiger partial charge in [-0.05, 0) is 47.9 Å². The number of nitrogens with zero attached hydrogens (tertiary/aromatic N) is 1. The van der Waals surface area contributed by atoms with Crippen LogP contribution in [0.25, 0.3) is 5.76 Å². The molecule has 0 bridgehead atoms. The Morgan fingerprint density at radius 1 is 0.941 bits per heavy atom. The number of fused-ring (bicyclic) bond motifs is 1. The molecule has 0 radical (unpaired) electrons. The average Bonchev–Trinajstić information content (AvgIpc) is 3.12. The fourth-order valence-electron chi connectivity index (χ4n) is 4.34. The van der Waals surface area contributed by atoms with Crippen LogP contribution in [0.5, 0.6) is 11.5 Å². The van der Waals surface area contributed by atoms with Crippen molar-refractivity contribution in [1.82, 2.24) is 4.90 Å². The molecule has 1 fully saturated rings. The number of rotatable bonds is 5. The average molecular weight is 520 g/mol. The molecule has 1 atom stereocenters. The summed E-state index contributed by atoms with van der Waals surface area (Å²) in [5.74, 6) is -0.480. The van der Waals surface area contributed by atoms with Gasteiger partial charge in [0.25, 0.3) is 11.7 Å². The van der Waals surface area contributed by atoms with Gasteiger partial charge in [0.1, 0.15) is 19.0 Å². The zero-order valence-electron chi connectivity index (χ0n) is 18.2.